The van der Waals surface area contributed by atoms with E-state index < -0.39 is 0 Å². The van der Waals surface area contributed by atoms with Crippen molar-refractivity contribution in [2.24, 2.45) is 0 Å². The number of nitriles is 2. The van der Waals surface area contributed by atoms with Crippen LogP contribution in [0.5, 0.6) is 0 Å². The predicted octanol–water partition coefficient (Wildman–Crippen LogP) is 32.0. The lowest BCUT2D eigenvalue weighted by Gasteiger charge is -2.22. The first-order valence-electron chi connectivity index (χ1n) is 46.8. The Morgan fingerprint density at radius 1 is 0.243 bits per heavy atom. The van der Waals surface area contributed by atoms with Gasteiger partial charge in [-0.25, -0.2) is 29.9 Å². The predicted molar refractivity (Wildman–Crippen MR) is 570 cm³/mol. The minimum atomic E-state index is -0.143. The molecule has 0 saturated heterocycles. The van der Waals surface area contributed by atoms with Crippen LogP contribution in [-0.4, -0.2) is 48.2 Å². The zero-order chi connectivity index (χ0) is 92.7. The molecular formula is C125H74N12O2S. The number of benzene rings is 19. The van der Waals surface area contributed by atoms with Gasteiger partial charge in [0, 0.05) is 135 Å². The van der Waals surface area contributed by atoms with Gasteiger partial charge >= 0.3 is 0 Å². The smallest absolute Gasteiger partial charge is 0.164 e. The van der Waals surface area contributed by atoms with E-state index >= 15 is 0 Å². The van der Waals surface area contributed by atoms with Gasteiger partial charge in [0.25, 0.3) is 0 Å². The van der Waals surface area contributed by atoms with Crippen molar-refractivity contribution in [3.05, 3.63) is 435 Å². The Bertz CT molecular complexity index is 10300. The maximum atomic E-state index is 11.3. The van der Waals surface area contributed by atoms with E-state index in [9.17, 15) is 10.5 Å². The summed E-state index contributed by atoms with van der Waals surface area (Å²) >= 11 is 1.83. The van der Waals surface area contributed by atoms with Gasteiger partial charge in [-0.3, -0.25) is 0 Å². The Labute approximate surface area is 804 Å². The van der Waals surface area contributed by atoms with Crippen LogP contribution in [0.25, 0.3) is 265 Å². The van der Waals surface area contributed by atoms with Gasteiger partial charge in [0.05, 0.1) is 66.6 Å². The number of para-hydroxylation sites is 6. The van der Waals surface area contributed by atoms with Crippen LogP contribution in [0.3, 0.4) is 0 Å². The summed E-state index contributed by atoms with van der Waals surface area (Å²) in [5, 5.41) is 37.9. The number of fused-ring (bicyclic) bond motifs is 26. The fourth-order valence-electron chi connectivity index (χ4n) is 22.1. The second kappa shape index (κ2) is 31.1. The SMILES string of the molecule is CC1(C)c2ccccc2-c2ccc(-n3c4ccccc4c4c3ccc3c5ccccc5n(-c5ccc(-c6nc(-c7ccccc7)nc(-c7ccc8oc9ccccc9c8c7)n6)cc5C#N)c34)cc21.N#Cc1cc(-c2nc(-c3ccc4oc5ccccc5c4c3)nc(-c3ccccc3-c3ccccc3)n2)ccc1-n1c2ccccc2c2ccc3c(c4ccccc4n3-c3ccc4sc5ccccc5c4c3)c21. The topological polar surface area (TPSA) is 171 Å². The average molecular weight is 1810 g/mol. The van der Waals surface area contributed by atoms with Crippen molar-refractivity contribution in [2.75, 3.05) is 0 Å². The van der Waals surface area contributed by atoms with Gasteiger partial charge in [-0.1, -0.05) is 269 Å². The molecule has 1 aliphatic carbocycles. The van der Waals surface area contributed by atoms with Crippen LogP contribution in [0.1, 0.15) is 36.1 Å². The quantitative estimate of drug-likeness (QED) is 0.121. The van der Waals surface area contributed by atoms with E-state index in [0.29, 0.717) is 57.2 Å². The molecule has 140 heavy (non-hydrogen) atoms. The molecule has 28 aromatic rings. The first-order valence-corrected chi connectivity index (χ1v) is 47.6. The largest absolute Gasteiger partial charge is 0.456 e. The molecule has 15 heteroatoms. The number of aromatic nitrogens is 10. The Morgan fingerprint density at radius 3 is 1.16 bits per heavy atom. The molecule has 0 saturated carbocycles. The lowest BCUT2D eigenvalue weighted by atomic mass is 9.82. The first-order chi connectivity index (χ1) is 69.1. The molecule has 0 radical (unpaired) electrons. The fourth-order valence-corrected chi connectivity index (χ4v) is 23.1. The minimum absolute atomic E-state index is 0.143. The molecule has 0 N–H and O–H groups in total. The van der Waals surface area contributed by atoms with Gasteiger partial charge in [0.15, 0.2) is 34.9 Å². The second-order valence-electron chi connectivity index (χ2n) is 36.5. The number of thiophene rings is 1. The summed E-state index contributed by atoms with van der Waals surface area (Å²) in [5.74, 6) is 3.05. The van der Waals surface area contributed by atoms with Crippen LogP contribution in [0.2, 0.25) is 0 Å². The fraction of sp³-hybridized carbons (Fsp3) is 0.0240. The van der Waals surface area contributed by atoms with Crippen LogP contribution < -0.4 is 0 Å². The highest BCUT2D eigenvalue weighted by Gasteiger charge is 2.37. The molecule has 652 valence electrons. The third kappa shape index (κ3) is 12.3. The number of hydrogen-bond donors (Lipinski definition) is 0. The van der Waals surface area contributed by atoms with Gasteiger partial charge in [-0.15, -0.1) is 11.3 Å². The average Bonchev–Trinajstić information content (AvgIpc) is 1.54. The summed E-state index contributed by atoms with van der Waals surface area (Å²) in [4.78, 5) is 30.9. The van der Waals surface area contributed by atoms with Crippen LogP contribution >= 0.6 is 11.3 Å². The van der Waals surface area contributed by atoms with Crippen molar-refractivity contribution >= 4 is 163 Å². The summed E-state index contributed by atoms with van der Waals surface area (Å²) in [6.45, 7) is 4.66. The lowest BCUT2D eigenvalue weighted by Crippen LogP contribution is -2.15. The molecule has 9 heterocycles. The third-order valence-corrected chi connectivity index (χ3v) is 29.6. The van der Waals surface area contributed by atoms with Crippen molar-refractivity contribution in [3.8, 4) is 125 Å². The molecule has 0 atom stereocenters. The molecule has 1 aliphatic rings. The molecular weight excluding hydrogens is 1730 g/mol. The zero-order valence-corrected chi connectivity index (χ0v) is 76.2. The van der Waals surface area contributed by atoms with Gasteiger partial charge in [0.2, 0.25) is 0 Å². The van der Waals surface area contributed by atoms with Crippen LogP contribution in [0.4, 0.5) is 0 Å². The number of hydrogen-bond acceptors (Lipinski definition) is 11. The zero-order valence-electron chi connectivity index (χ0n) is 75.4. The second-order valence-corrected chi connectivity index (χ2v) is 37.6. The van der Waals surface area contributed by atoms with Crippen LogP contribution in [0.15, 0.2) is 421 Å². The van der Waals surface area contributed by atoms with Gasteiger partial charge in [-0.05, 0) is 191 Å². The van der Waals surface area contributed by atoms with Gasteiger partial charge in [-0.2, -0.15) is 10.5 Å². The summed E-state index contributed by atoms with van der Waals surface area (Å²) in [5.41, 5.74) is 28.5. The van der Waals surface area contributed by atoms with E-state index in [1.807, 2.05) is 163 Å². The maximum Gasteiger partial charge on any atom is 0.164 e. The first kappa shape index (κ1) is 79.7. The number of nitrogens with zero attached hydrogens (tertiary/aromatic N) is 12. The van der Waals surface area contributed by atoms with Crippen molar-refractivity contribution < 1.29 is 8.83 Å². The van der Waals surface area contributed by atoms with E-state index in [1.54, 1.807) is 0 Å². The molecule has 9 aromatic heterocycles. The molecule has 0 aliphatic heterocycles. The highest BCUT2D eigenvalue weighted by molar-refractivity contribution is 7.25. The molecule has 0 amide bonds. The Kier molecular flexibility index (Phi) is 17.7. The molecule has 0 fully saturated rings. The standard InChI is InChI=1S/C64H36N6OS.C61H38N6O/c65-37-41-34-39(62-66-63(40-27-32-57-50(35-40)45-18-8-12-24-56(45)71-57)68-64(67-62)48-20-5-4-16-43(48)38-14-2-1-3-15-38)26-30-52(41)70-53-22-10-6-17-44(53)47-29-31-55-60(61(47)70)49-21-7-11-23-54(49)69(55)42-28-33-59-51(36-42)46-19-9-13-25-58(46)72-59;1-61(2)48-20-10-6-16-41(48)42-27-26-40(34-49(42)61)66-52-22-12-8-19-46(52)56-53(66)30-28-45-43-17-7-11-21-51(43)67(57(45)56)50-29-24-37(32-39(50)35-62)59-63-58(36-14-4-3-5-15-36)64-60(65-59)38-25-31-55-47(33-38)44-18-9-13-23-54(44)68-55/h1-36H;3-34H,1-2H3. The number of furan rings is 2. The Hall–Kier alpha value is -18.8. The Morgan fingerprint density at radius 2 is 0.629 bits per heavy atom. The van der Waals surface area contributed by atoms with Crippen molar-refractivity contribution in [3.63, 3.8) is 0 Å². The number of rotatable bonds is 11. The maximum absolute atomic E-state index is 11.3. The lowest BCUT2D eigenvalue weighted by molar-refractivity contribution is 0.660. The normalized spacial score (nSPS) is 12.4. The molecule has 29 rings (SSSR count). The summed E-state index contributed by atoms with van der Waals surface area (Å²) in [7, 11) is 0. The monoisotopic (exact) mass is 1810 g/mol. The summed E-state index contributed by atoms with van der Waals surface area (Å²) in [6, 6.07) is 149. The Balaban J connectivity index is 0.000000138. The van der Waals surface area contributed by atoms with Gasteiger partial charge in [0.1, 0.15) is 34.5 Å². The van der Waals surface area contributed by atoms with E-state index in [-0.39, 0.29) is 5.41 Å². The van der Waals surface area contributed by atoms with Crippen molar-refractivity contribution in [1.82, 2.24) is 48.2 Å². The molecule has 0 spiro atoms. The van der Waals surface area contributed by atoms with E-state index in [4.69, 9.17) is 38.7 Å². The minimum Gasteiger partial charge on any atom is -0.456 e. The highest BCUT2D eigenvalue weighted by atomic mass is 32.1. The van der Waals surface area contributed by atoms with Crippen molar-refractivity contribution in [2.45, 2.75) is 19.3 Å². The molecule has 0 unspecified atom stereocenters. The molecule has 0 bridgehead atoms. The van der Waals surface area contributed by atoms with E-state index in [0.717, 1.165) is 187 Å². The third-order valence-electron chi connectivity index (χ3n) is 28.4. The summed E-state index contributed by atoms with van der Waals surface area (Å²) < 4.78 is 24.3. The van der Waals surface area contributed by atoms with Crippen LogP contribution in [0, 0.1) is 22.7 Å². The molecule has 14 nitrogen and oxygen atoms in total. The summed E-state index contributed by atoms with van der Waals surface area (Å²) in [6.07, 6.45) is 0. The highest BCUT2D eigenvalue weighted by Crippen LogP contribution is 2.52. The molecule has 19 aromatic carbocycles. The van der Waals surface area contributed by atoms with Gasteiger partial charge < -0.3 is 27.1 Å². The van der Waals surface area contributed by atoms with Crippen LogP contribution in [-0.2, 0) is 5.41 Å². The van der Waals surface area contributed by atoms with E-state index in [1.165, 1.54) is 42.4 Å². The van der Waals surface area contributed by atoms with E-state index in [2.05, 4.69) is 305 Å². The van der Waals surface area contributed by atoms with Crippen molar-refractivity contribution in [1.29, 1.82) is 10.5 Å².